The Bertz CT molecular complexity index is 590. The molecule has 0 aliphatic heterocycles. The SMILES string of the molecule is COc1ccc(C(C(C)N)n2nc(C)c(Cl)c2C)cc1. The Hall–Kier alpha value is -1.52. The van der Waals surface area contributed by atoms with E-state index in [1.54, 1.807) is 7.11 Å². The zero-order valence-electron chi connectivity index (χ0n) is 12.2. The first-order valence-corrected chi connectivity index (χ1v) is 6.94. The van der Waals surface area contributed by atoms with Gasteiger partial charge in [-0.1, -0.05) is 23.7 Å². The molecule has 20 heavy (non-hydrogen) atoms. The van der Waals surface area contributed by atoms with Gasteiger partial charge in [0.05, 0.1) is 29.6 Å². The van der Waals surface area contributed by atoms with E-state index in [4.69, 9.17) is 22.1 Å². The third-order valence-corrected chi connectivity index (χ3v) is 4.00. The van der Waals surface area contributed by atoms with Crippen LogP contribution in [0.15, 0.2) is 24.3 Å². The Labute approximate surface area is 124 Å². The van der Waals surface area contributed by atoms with E-state index in [-0.39, 0.29) is 12.1 Å². The molecule has 0 aliphatic rings. The van der Waals surface area contributed by atoms with Gasteiger partial charge in [-0.25, -0.2) is 0 Å². The van der Waals surface area contributed by atoms with E-state index in [1.807, 2.05) is 49.7 Å². The van der Waals surface area contributed by atoms with Crippen LogP contribution >= 0.6 is 11.6 Å². The molecule has 0 bridgehead atoms. The van der Waals surface area contributed by atoms with Crippen molar-refractivity contribution < 1.29 is 4.74 Å². The summed E-state index contributed by atoms with van der Waals surface area (Å²) < 4.78 is 7.09. The van der Waals surface area contributed by atoms with Crippen molar-refractivity contribution in [2.45, 2.75) is 32.9 Å². The van der Waals surface area contributed by atoms with Gasteiger partial charge in [-0.3, -0.25) is 4.68 Å². The lowest BCUT2D eigenvalue weighted by molar-refractivity contribution is 0.412. The van der Waals surface area contributed by atoms with Crippen LogP contribution in [0.25, 0.3) is 0 Å². The molecule has 2 N–H and O–H groups in total. The molecule has 4 nitrogen and oxygen atoms in total. The zero-order chi connectivity index (χ0) is 14.9. The predicted octanol–water partition coefficient (Wildman–Crippen LogP) is 3.10. The molecule has 5 heteroatoms. The van der Waals surface area contributed by atoms with E-state index in [0.29, 0.717) is 5.02 Å². The summed E-state index contributed by atoms with van der Waals surface area (Å²) in [4.78, 5) is 0. The van der Waals surface area contributed by atoms with Crippen LogP contribution in [0.2, 0.25) is 5.02 Å². The summed E-state index contributed by atoms with van der Waals surface area (Å²) in [5, 5.41) is 5.22. The summed E-state index contributed by atoms with van der Waals surface area (Å²) in [7, 11) is 1.65. The molecule has 0 amide bonds. The number of benzene rings is 1. The smallest absolute Gasteiger partial charge is 0.118 e. The minimum Gasteiger partial charge on any atom is -0.497 e. The fraction of sp³-hybridized carbons (Fsp3) is 0.400. The standard InChI is InChI=1S/C15H20ClN3O/c1-9(17)15(12-5-7-13(20-4)8-6-12)19-11(3)14(16)10(2)18-19/h5-9,15H,17H2,1-4H3. The van der Waals surface area contributed by atoms with E-state index in [9.17, 15) is 0 Å². The molecule has 2 unspecified atom stereocenters. The third-order valence-electron chi connectivity index (χ3n) is 3.46. The fourth-order valence-electron chi connectivity index (χ4n) is 2.38. The van der Waals surface area contributed by atoms with Crippen LogP contribution in [0.3, 0.4) is 0 Å². The number of aromatic nitrogens is 2. The maximum Gasteiger partial charge on any atom is 0.118 e. The van der Waals surface area contributed by atoms with E-state index in [1.165, 1.54) is 0 Å². The van der Waals surface area contributed by atoms with Gasteiger partial charge in [0.25, 0.3) is 0 Å². The maximum absolute atomic E-state index is 6.24. The summed E-state index contributed by atoms with van der Waals surface area (Å²) in [6.45, 7) is 5.83. The number of halogens is 1. The fourth-order valence-corrected chi connectivity index (χ4v) is 2.51. The van der Waals surface area contributed by atoms with Crippen molar-refractivity contribution >= 4 is 11.6 Å². The van der Waals surface area contributed by atoms with Crippen LogP contribution in [0.5, 0.6) is 5.75 Å². The van der Waals surface area contributed by atoms with E-state index < -0.39 is 0 Å². The van der Waals surface area contributed by atoms with Gasteiger partial charge in [-0.05, 0) is 38.5 Å². The van der Waals surface area contributed by atoms with Gasteiger partial charge in [0.1, 0.15) is 5.75 Å². The Morgan fingerprint density at radius 3 is 2.25 bits per heavy atom. The molecule has 0 saturated heterocycles. The number of nitrogens with two attached hydrogens (primary N) is 1. The number of aryl methyl sites for hydroxylation is 1. The van der Waals surface area contributed by atoms with Crippen LogP contribution in [-0.2, 0) is 0 Å². The van der Waals surface area contributed by atoms with Crippen LogP contribution in [0.4, 0.5) is 0 Å². The van der Waals surface area contributed by atoms with Gasteiger partial charge in [-0.2, -0.15) is 5.10 Å². The second-order valence-corrected chi connectivity index (χ2v) is 5.38. The first kappa shape index (κ1) is 14.9. The molecule has 1 heterocycles. The van der Waals surface area contributed by atoms with Gasteiger partial charge >= 0.3 is 0 Å². The van der Waals surface area contributed by atoms with Crippen LogP contribution in [-0.4, -0.2) is 22.9 Å². The van der Waals surface area contributed by atoms with Crippen LogP contribution in [0.1, 0.15) is 29.9 Å². The van der Waals surface area contributed by atoms with Crippen molar-refractivity contribution in [1.82, 2.24) is 9.78 Å². The van der Waals surface area contributed by atoms with Gasteiger partial charge in [0, 0.05) is 6.04 Å². The highest BCUT2D eigenvalue weighted by molar-refractivity contribution is 6.31. The Morgan fingerprint density at radius 1 is 1.25 bits per heavy atom. The minimum atomic E-state index is -0.0857. The molecule has 2 aromatic rings. The summed E-state index contributed by atoms with van der Waals surface area (Å²) >= 11 is 6.24. The van der Waals surface area contributed by atoms with Crippen molar-refractivity contribution in [2.75, 3.05) is 7.11 Å². The lowest BCUT2D eigenvalue weighted by atomic mass is 10.0. The molecule has 2 rings (SSSR count). The van der Waals surface area contributed by atoms with Crippen LogP contribution in [0, 0.1) is 13.8 Å². The quantitative estimate of drug-likeness (QED) is 0.942. The van der Waals surface area contributed by atoms with E-state index in [2.05, 4.69) is 5.10 Å². The normalized spacial score (nSPS) is 14.1. The van der Waals surface area contributed by atoms with Crippen molar-refractivity contribution in [3.63, 3.8) is 0 Å². The Balaban J connectivity index is 2.47. The molecule has 0 saturated carbocycles. The monoisotopic (exact) mass is 293 g/mol. The van der Waals surface area contributed by atoms with E-state index >= 15 is 0 Å². The van der Waals surface area contributed by atoms with Crippen molar-refractivity contribution in [3.05, 3.63) is 46.2 Å². The number of hydrogen-bond donors (Lipinski definition) is 1. The van der Waals surface area contributed by atoms with E-state index in [0.717, 1.165) is 22.7 Å². The molecule has 0 fully saturated rings. The van der Waals surface area contributed by atoms with Crippen LogP contribution < -0.4 is 10.5 Å². The molecule has 1 aromatic carbocycles. The van der Waals surface area contributed by atoms with Crippen molar-refractivity contribution in [3.8, 4) is 5.75 Å². The average Bonchev–Trinajstić information content (AvgIpc) is 2.67. The highest BCUT2D eigenvalue weighted by Gasteiger charge is 2.23. The Morgan fingerprint density at radius 2 is 1.85 bits per heavy atom. The Kier molecular flexibility index (Phi) is 4.35. The topological polar surface area (TPSA) is 53.1 Å². The van der Waals surface area contributed by atoms with Crippen molar-refractivity contribution in [1.29, 1.82) is 0 Å². The first-order chi connectivity index (χ1) is 9.45. The summed E-state index contributed by atoms with van der Waals surface area (Å²) in [5.74, 6) is 0.823. The second kappa shape index (κ2) is 5.85. The number of methoxy groups -OCH3 is 1. The molecular weight excluding hydrogens is 274 g/mol. The average molecular weight is 294 g/mol. The molecule has 0 aliphatic carbocycles. The van der Waals surface area contributed by atoms with Gasteiger partial charge in [-0.15, -0.1) is 0 Å². The minimum absolute atomic E-state index is 0.0490. The number of rotatable bonds is 4. The highest BCUT2D eigenvalue weighted by atomic mass is 35.5. The summed E-state index contributed by atoms with van der Waals surface area (Å²) in [5.41, 5.74) is 9.01. The molecule has 0 spiro atoms. The maximum atomic E-state index is 6.24. The van der Waals surface area contributed by atoms with Gasteiger partial charge in [0.15, 0.2) is 0 Å². The third kappa shape index (κ3) is 2.67. The zero-order valence-corrected chi connectivity index (χ0v) is 13.0. The second-order valence-electron chi connectivity index (χ2n) is 5.01. The lowest BCUT2D eigenvalue weighted by Crippen LogP contribution is -2.31. The molecule has 1 aromatic heterocycles. The van der Waals surface area contributed by atoms with Gasteiger partial charge < -0.3 is 10.5 Å². The molecule has 0 radical (unpaired) electrons. The molecule has 108 valence electrons. The number of nitrogens with zero attached hydrogens (tertiary/aromatic N) is 2. The molecule has 2 atom stereocenters. The predicted molar refractivity (Wildman–Crippen MR) is 81.5 cm³/mol. The number of hydrogen-bond acceptors (Lipinski definition) is 3. The number of ether oxygens (including phenoxy) is 1. The highest BCUT2D eigenvalue weighted by Crippen LogP contribution is 2.28. The van der Waals surface area contributed by atoms with Gasteiger partial charge in [0.2, 0.25) is 0 Å². The molecular formula is C15H20ClN3O. The largest absolute Gasteiger partial charge is 0.497 e. The summed E-state index contributed by atoms with van der Waals surface area (Å²) in [6.07, 6.45) is 0. The summed E-state index contributed by atoms with van der Waals surface area (Å²) in [6, 6.07) is 7.74. The lowest BCUT2D eigenvalue weighted by Gasteiger charge is -2.23. The van der Waals surface area contributed by atoms with Crippen molar-refractivity contribution in [2.24, 2.45) is 5.73 Å². The first-order valence-electron chi connectivity index (χ1n) is 6.56.